The Bertz CT molecular complexity index is 1300. The number of ether oxygens (including phenoxy) is 1. The van der Waals surface area contributed by atoms with Crippen LogP contribution in [0.2, 0.25) is 10.0 Å². The number of nitrogens with zero attached hydrogens (tertiary/aromatic N) is 1. The maximum absolute atomic E-state index is 13.1. The zero-order valence-electron chi connectivity index (χ0n) is 19.4. The SMILES string of the molecule is CCCN1C(=O)C(=O)/C(=C(\O)c2ccc(OCc3ccccc3)c(C)c2)C1c1ccc(Cl)c(Cl)c1. The Balaban J connectivity index is 1.72. The Morgan fingerprint density at radius 1 is 1.00 bits per heavy atom. The lowest BCUT2D eigenvalue weighted by Crippen LogP contribution is -2.30. The zero-order chi connectivity index (χ0) is 25.1. The van der Waals surface area contributed by atoms with Gasteiger partial charge in [-0.05, 0) is 60.4 Å². The van der Waals surface area contributed by atoms with Crippen LogP contribution in [0.4, 0.5) is 0 Å². The van der Waals surface area contributed by atoms with Crippen LogP contribution >= 0.6 is 23.2 Å². The molecule has 3 aromatic carbocycles. The molecule has 1 unspecified atom stereocenters. The molecule has 7 heteroatoms. The number of carbonyl (C=O) groups excluding carboxylic acids is 2. The molecular weight excluding hydrogens is 485 g/mol. The fraction of sp³-hybridized carbons (Fsp3) is 0.214. The molecule has 0 spiro atoms. The van der Waals surface area contributed by atoms with Crippen LogP contribution in [0.15, 0.2) is 72.3 Å². The topological polar surface area (TPSA) is 66.8 Å². The first-order chi connectivity index (χ1) is 16.8. The first kappa shape index (κ1) is 24.8. The molecule has 180 valence electrons. The summed E-state index contributed by atoms with van der Waals surface area (Å²) in [7, 11) is 0. The second kappa shape index (κ2) is 10.5. The quantitative estimate of drug-likeness (QED) is 0.218. The van der Waals surface area contributed by atoms with E-state index in [0.29, 0.717) is 46.5 Å². The number of hydrogen-bond donors (Lipinski definition) is 1. The third-order valence-electron chi connectivity index (χ3n) is 5.95. The Morgan fingerprint density at radius 3 is 2.40 bits per heavy atom. The standard InChI is InChI=1S/C28H25Cl2NO4/c1-3-13-31-25(19-9-11-21(29)22(30)15-19)24(27(33)28(31)34)26(32)20-10-12-23(17(2)14-20)35-16-18-7-5-4-6-8-18/h4-12,14-15,25,32H,3,13,16H2,1-2H3/b26-24-. The van der Waals surface area contributed by atoms with Crippen LogP contribution in [-0.4, -0.2) is 28.2 Å². The van der Waals surface area contributed by atoms with E-state index in [4.69, 9.17) is 27.9 Å². The van der Waals surface area contributed by atoms with E-state index in [1.54, 1.807) is 36.4 Å². The molecule has 35 heavy (non-hydrogen) atoms. The highest BCUT2D eigenvalue weighted by Crippen LogP contribution is 2.41. The van der Waals surface area contributed by atoms with E-state index in [2.05, 4.69) is 0 Å². The van der Waals surface area contributed by atoms with Crippen molar-refractivity contribution in [2.75, 3.05) is 6.54 Å². The average Bonchev–Trinajstić information content (AvgIpc) is 3.10. The van der Waals surface area contributed by atoms with E-state index >= 15 is 0 Å². The van der Waals surface area contributed by atoms with Crippen molar-refractivity contribution in [2.45, 2.75) is 32.9 Å². The number of halogens is 2. The van der Waals surface area contributed by atoms with Gasteiger partial charge in [0.2, 0.25) is 0 Å². The number of amides is 1. The number of aliphatic hydroxyl groups is 1. The number of ketones is 1. The minimum atomic E-state index is -0.765. The van der Waals surface area contributed by atoms with Gasteiger partial charge in [0.25, 0.3) is 11.7 Å². The molecule has 0 radical (unpaired) electrons. The van der Waals surface area contributed by atoms with Crippen molar-refractivity contribution < 1.29 is 19.4 Å². The van der Waals surface area contributed by atoms with Gasteiger partial charge in [0, 0.05) is 12.1 Å². The smallest absolute Gasteiger partial charge is 0.295 e. The third kappa shape index (κ3) is 5.07. The Hall–Kier alpha value is -3.28. The largest absolute Gasteiger partial charge is 0.507 e. The first-order valence-electron chi connectivity index (χ1n) is 11.3. The van der Waals surface area contributed by atoms with Crippen molar-refractivity contribution in [3.8, 4) is 5.75 Å². The van der Waals surface area contributed by atoms with E-state index in [-0.39, 0.29) is 11.3 Å². The second-order valence-electron chi connectivity index (χ2n) is 8.42. The molecule has 0 aromatic heterocycles. The molecule has 0 aliphatic carbocycles. The van der Waals surface area contributed by atoms with Gasteiger partial charge in [-0.3, -0.25) is 9.59 Å². The van der Waals surface area contributed by atoms with E-state index in [0.717, 1.165) is 11.1 Å². The van der Waals surface area contributed by atoms with Gasteiger partial charge in [0.1, 0.15) is 18.1 Å². The minimum Gasteiger partial charge on any atom is -0.507 e. The molecule has 1 aliphatic heterocycles. The van der Waals surface area contributed by atoms with Gasteiger partial charge in [0.15, 0.2) is 0 Å². The minimum absolute atomic E-state index is 0.0270. The first-order valence-corrected chi connectivity index (χ1v) is 12.1. The van der Waals surface area contributed by atoms with Crippen LogP contribution in [0.3, 0.4) is 0 Å². The number of hydrogen-bond acceptors (Lipinski definition) is 4. The number of Topliss-reactive ketones (excluding diaryl/α,β-unsaturated/α-hetero) is 1. The summed E-state index contributed by atoms with van der Waals surface area (Å²) in [5.74, 6) is -0.952. The summed E-state index contributed by atoms with van der Waals surface area (Å²) in [5, 5.41) is 11.9. The Kier molecular flexibility index (Phi) is 7.48. The fourth-order valence-electron chi connectivity index (χ4n) is 4.23. The van der Waals surface area contributed by atoms with Gasteiger partial charge < -0.3 is 14.7 Å². The van der Waals surface area contributed by atoms with Crippen molar-refractivity contribution >= 4 is 40.7 Å². The summed E-state index contributed by atoms with van der Waals surface area (Å²) >= 11 is 12.3. The number of aliphatic hydroxyl groups excluding tert-OH is 1. The molecule has 3 aromatic rings. The van der Waals surface area contributed by atoms with Gasteiger partial charge in [0.05, 0.1) is 21.7 Å². The van der Waals surface area contributed by atoms with Crippen LogP contribution in [-0.2, 0) is 16.2 Å². The molecule has 1 N–H and O–H groups in total. The average molecular weight is 510 g/mol. The van der Waals surface area contributed by atoms with Crippen molar-refractivity contribution in [1.29, 1.82) is 0 Å². The number of aryl methyl sites for hydroxylation is 1. The maximum atomic E-state index is 13.1. The predicted molar refractivity (Wildman–Crippen MR) is 138 cm³/mol. The number of benzene rings is 3. The molecule has 1 fully saturated rings. The number of likely N-dealkylation sites (tertiary alicyclic amines) is 1. The zero-order valence-corrected chi connectivity index (χ0v) is 20.9. The van der Waals surface area contributed by atoms with E-state index in [1.807, 2.05) is 44.2 Å². The summed E-state index contributed by atoms with van der Waals surface area (Å²) in [5.41, 5.74) is 2.89. The lowest BCUT2D eigenvalue weighted by molar-refractivity contribution is -0.139. The van der Waals surface area contributed by atoms with Crippen molar-refractivity contribution in [2.24, 2.45) is 0 Å². The molecule has 1 saturated heterocycles. The molecule has 0 bridgehead atoms. The van der Waals surface area contributed by atoms with E-state index in [1.165, 1.54) is 4.90 Å². The summed E-state index contributed by atoms with van der Waals surface area (Å²) in [4.78, 5) is 27.4. The van der Waals surface area contributed by atoms with Gasteiger partial charge in [-0.15, -0.1) is 0 Å². The summed E-state index contributed by atoms with van der Waals surface area (Å²) in [6.07, 6.45) is 0.650. The second-order valence-corrected chi connectivity index (χ2v) is 9.23. The number of rotatable bonds is 7. The fourth-order valence-corrected chi connectivity index (χ4v) is 4.54. The van der Waals surface area contributed by atoms with E-state index in [9.17, 15) is 14.7 Å². The summed E-state index contributed by atoms with van der Waals surface area (Å²) in [6.45, 7) is 4.55. The van der Waals surface area contributed by atoms with Crippen LogP contribution in [0.5, 0.6) is 5.75 Å². The molecule has 5 nitrogen and oxygen atoms in total. The maximum Gasteiger partial charge on any atom is 0.295 e. The molecule has 4 rings (SSSR count). The third-order valence-corrected chi connectivity index (χ3v) is 6.69. The van der Waals surface area contributed by atoms with Crippen molar-refractivity contribution in [3.05, 3.63) is 105 Å². The van der Waals surface area contributed by atoms with Crippen LogP contribution in [0, 0.1) is 6.92 Å². The lowest BCUT2D eigenvalue weighted by Gasteiger charge is -2.25. The summed E-state index contributed by atoms with van der Waals surface area (Å²) in [6, 6.07) is 19.2. The normalized spacial score (nSPS) is 17.1. The van der Waals surface area contributed by atoms with Crippen LogP contribution in [0.1, 0.15) is 41.6 Å². The van der Waals surface area contributed by atoms with Crippen molar-refractivity contribution in [3.63, 3.8) is 0 Å². The highest BCUT2D eigenvalue weighted by atomic mass is 35.5. The molecule has 1 atom stereocenters. The molecule has 1 aliphatic rings. The lowest BCUT2D eigenvalue weighted by atomic mass is 9.94. The highest BCUT2D eigenvalue weighted by molar-refractivity contribution is 6.46. The molecule has 0 saturated carbocycles. The molecule has 1 amide bonds. The summed E-state index contributed by atoms with van der Waals surface area (Å²) < 4.78 is 5.93. The van der Waals surface area contributed by atoms with Gasteiger partial charge in [-0.1, -0.05) is 66.5 Å². The van der Waals surface area contributed by atoms with Gasteiger partial charge in [-0.2, -0.15) is 0 Å². The predicted octanol–water partition coefficient (Wildman–Crippen LogP) is 6.71. The number of carbonyl (C=O) groups is 2. The monoisotopic (exact) mass is 509 g/mol. The molecule has 1 heterocycles. The highest BCUT2D eigenvalue weighted by Gasteiger charge is 2.45. The van der Waals surface area contributed by atoms with Crippen LogP contribution in [0.25, 0.3) is 5.76 Å². The van der Waals surface area contributed by atoms with Crippen LogP contribution < -0.4 is 4.74 Å². The molecular formula is C28H25Cl2NO4. The Morgan fingerprint density at radius 2 is 1.74 bits per heavy atom. The Labute approximate surface area is 214 Å². The van der Waals surface area contributed by atoms with Crippen molar-refractivity contribution in [1.82, 2.24) is 4.90 Å². The van der Waals surface area contributed by atoms with Gasteiger partial charge in [-0.25, -0.2) is 0 Å². The van der Waals surface area contributed by atoms with Gasteiger partial charge >= 0.3 is 0 Å². The van der Waals surface area contributed by atoms with E-state index < -0.39 is 17.7 Å².